The molecule has 2 aliphatic rings. The summed E-state index contributed by atoms with van der Waals surface area (Å²) >= 11 is 0. The molecule has 3 heterocycles. The minimum Gasteiger partial charge on any atom is -0.405 e. The molecule has 0 atom stereocenters. The Morgan fingerprint density at radius 2 is 2.36 bits per heavy atom. The summed E-state index contributed by atoms with van der Waals surface area (Å²) in [5, 5.41) is 4.12. The maximum atomic E-state index is 12.4. The van der Waals surface area contributed by atoms with Gasteiger partial charge in [-0.3, -0.25) is 9.48 Å². The van der Waals surface area contributed by atoms with E-state index in [1.807, 2.05) is 31.0 Å². The van der Waals surface area contributed by atoms with E-state index in [0.29, 0.717) is 26.1 Å². The Balaban J connectivity index is 1.53. The minimum absolute atomic E-state index is 0.151. The number of nitrogens with zero attached hydrogens (tertiary/aromatic N) is 3. The van der Waals surface area contributed by atoms with E-state index in [9.17, 15) is 4.79 Å². The molecule has 3 rings (SSSR count). The summed E-state index contributed by atoms with van der Waals surface area (Å²) in [6.07, 6.45) is 7.06. The Hall–Kier alpha value is -1.60. The van der Waals surface area contributed by atoms with Crippen LogP contribution in [-0.2, 0) is 20.6 Å². The molecule has 0 saturated carbocycles. The maximum Gasteiger partial charge on any atom is 0.491 e. The van der Waals surface area contributed by atoms with Crippen molar-refractivity contribution >= 4 is 13.0 Å². The van der Waals surface area contributed by atoms with Gasteiger partial charge in [0.1, 0.15) is 0 Å². The van der Waals surface area contributed by atoms with E-state index in [1.165, 1.54) is 0 Å². The molecule has 22 heavy (non-hydrogen) atoms. The molecule has 6 nitrogen and oxygen atoms in total. The topological polar surface area (TPSA) is 56.6 Å². The fourth-order valence-corrected chi connectivity index (χ4v) is 2.77. The fraction of sp³-hybridized carbons (Fsp3) is 0.600. The zero-order valence-corrected chi connectivity index (χ0v) is 13.2. The summed E-state index contributed by atoms with van der Waals surface area (Å²) < 4.78 is 13.4. The lowest BCUT2D eigenvalue weighted by Gasteiger charge is -2.28. The lowest BCUT2D eigenvalue weighted by molar-refractivity contribution is -0.131. The van der Waals surface area contributed by atoms with E-state index in [4.69, 9.17) is 9.31 Å². The fourth-order valence-electron chi connectivity index (χ4n) is 2.77. The van der Waals surface area contributed by atoms with Gasteiger partial charge in [-0.2, -0.15) is 5.10 Å². The standard InChI is InChI=1S/C15H22BN3O3/c1-15(2)12-21-16(22-15)13-5-3-8-18(11-13)14(20)6-10-19-9-4-7-17-19/h4-5,7,9H,3,6,8,10-12H2,1-2H3. The highest BCUT2D eigenvalue weighted by molar-refractivity contribution is 6.54. The van der Waals surface area contributed by atoms with E-state index in [0.717, 1.165) is 18.4 Å². The molecule has 1 aromatic rings. The van der Waals surface area contributed by atoms with Gasteiger partial charge < -0.3 is 14.2 Å². The first-order valence-electron chi connectivity index (χ1n) is 7.77. The van der Waals surface area contributed by atoms with Crippen molar-refractivity contribution in [1.29, 1.82) is 0 Å². The Labute approximate surface area is 131 Å². The molecule has 0 radical (unpaired) electrons. The van der Waals surface area contributed by atoms with Gasteiger partial charge in [-0.15, -0.1) is 0 Å². The maximum absolute atomic E-state index is 12.4. The minimum atomic E-state index is -0.309. The van der Waals surface area contributed by atoms with Crippen molar-refractivity contribution in [1.82, 2.24) is 14.7 Å². The van der Waals surface area contributed by atoms with Gasteiger partial charge in [0.15, 0.2) is 0 Å². The average molecular weight is 303 g/mol. The number of carbonyl (C=O) groups excluding carboxylic acids is 1. The van der Waals surface area contributed by atoms with Crippen molar-refractivity contribution in [3.05, 3.63) is 30.0 Å². The first kappa shape index (κ1) is 15.3. The number of hydrogen-bond donors (Lipinski definition) is 0. The van der Waals surface area contributed by atoms with Gasteiger partial charge in [-0.1, -0.05) is 6.08 Å². The molecule has 1 aromatic heterocycles. The van der Waals surface area contributed by atoms with Crippen LogP contribution in [0.15, 0.2) is 30.0 Å². The van der Waals surface area contributed by atoms with Gasteiger partial charge in [0, 0.05) is 38.4 Å². The second-order valence-corrected chi connectivity index (χ2v) is 6.42. The summed E-state index contributed by atoms with van der Waals surface area (Å²) in [5.74, 6) is 0.151. The summed E-state index contributed by atoms with van der Waals surface area (Å²) in [7, 11) is -0.309. The lowest BCUT2D eigenvalue weighted by Crippen LogP contribution is -2.40. The van der Waals surface area contributed by atoms with Crippen molar-refractivity contribution in [2.75, 3.05) is 19.7 Å². The van der Waals surface area contributed by atoms with Crippen LogP contribution in [-0.4, -0.2) is 53.0 Å². The average Bonchev–Trinajstić information content (AvgIpc) is 3.14. The van der Waals surface area contributed by atoms with Gasteiger partial charge in [0.2, 0.25) is 5.91 Å². The Morgan fingerprint density at radius 1 is 1.50 bits per heavy atom. The quantitative estimate of drug-likeness (QED) is 0.786. The Kier molecular flexibility index (Phi) is 4.36. The molecular formula is C15H22BN3O3. The molecule has 0 aromatic carbocycles. The number of amides is 1. The van der Waals surface area contributed by atoms with Crippen LogP contribution in [0, 0.1) is 0 Å². The van der Waals surface area contributed by atoms with Crippen molar-refractivity contribution in [3.63, 3.8) is 0 Å². The third-order valence-corrected chi connectivity index (χ3v) is 3.96. The number of aryl methyl sites for hydroxylation is 1. The van der Waals surface area contributed by atoms with E-state index in [1.54, 1.807) is 10.9 Å². The van der Waals surface area contributed by atoms with Crippen LogP contribution < -0.4 is 0 Å². The number of carbonyl (C=O) groups is 1. The predicted molar refractivity (Wildman–Crippen MR) is 83.0 cm³/mol. The van der Waals surface area contributed by atoms with E-state index in [2.05, 4.69) is 11.2 Å². The van der Waals surface area contributed by atoms with Crippen LogP contribution in [0.25, 0.3) is 0 Å². The Morgan fingerprint density at radius 3 is 3.05 bits per heavy atom. The van der Waals surface area contributed by atoms with E-state index in [-0.39, 0.29) is 18.6 Å². The highest BCUT2D eigenvalue weighted by Crippen LogP contribution is 2.25. The van der Waals surface area contributed by atoms with Gasteiger partial charge in [-0.05, 0) is 31.8 Å². The molecular weight excluding hydrogens is 281 g/mol. The van der Waals surface area contributed by atoms with Crippen molar-refractivity contribution in [2.24, 2.45) is 0 Å². The number of hydrogen-bond acceptors (Lipinski definition) is 4. The second kappa shape index (κ2) is 6.26. The van der Waals surface area contributed by atoms with Gasteiger partial charge in [0.05, 0.1) is 12.2 Å². The summed E-state index contributed by atoms with van der Waals surface area (Å²) in [5.41, 5.74) is 0.807. The molecule has 7 heteroatoms. The first-order valence-corrected chi connectivity index (χ1v) is 7.77. The number of aromatic nitrogens is 2. The van der Waals surface area contributed by atoms with Crippen molar-refractivity contribution in [3.8, 4) is 0 Å². The molecule has 1 amide bonds. The summed E-state index contributed by atoms with van der Waals surface area (Å²) in [6.45, 7) is 6.59. The van der Waals surface area contributed by atoms with Crippen LogP contribution in [0.1, 0.15) is 26.7 Å². The molecule has 0 spiro atoms. The Bertz CT molecular complexity index is 556. The van der Waals surface area contributed by atoms with Crippen molar-refractivity contribution in [2.45, 2.75) is 38.8 Å². The molecule has 0 aliphatic carbocycles. The molecule has 0 N–H and O–H groups in total. The zero-order valence-electron chi connectivity index (χ0n) is 13.2. The van der Waals surface area contributed by atoms with E-state index >= 15 is 0 Å². The number of rotatable bonds is 4. The van der Waals surface area contributed by atoms with E-state index < -0.39 is 0 Å². The largest absolute Gasteiger partial charge is 0.491 e. The molecule has 2 aliphatic heterocycles. The second-order valence-electron chi connectivity index (χ2n) is 6.42. The third kappa shape index (κ3) is 3.59. The molecule has 1 saturated heterocycles. The van der Waals surface area contributed by atoms with Crippen LogP contribution in [0.2, 0.25) is 0 Å². The van der Waals surface area contributed by atoms with Crippen LogP contribution in [0.5, 0.6) is 0 Å². The molecule has 0 unspecified atom stereocenters. The molecule has 118 valence electrons. The normalized spacial score (nSPS) is 21.1. The summed E-state index contributed by atoms with van der Waals surface area (Å²) in [6, 6.07) is 1.86. The van der Waals surface area contributed by atoms with Crippen LogP contribution >= 0.6 is 0 Å². The highest BCUT2D eigenvalue weighted by Gasteiger charge is 2.40. The smallest absolute Gasteiger partial charge is 0.405 e. The SMILES string of the molecule is CC1(C)COB(C2=CCCN(C(=O)CCn3cccn3)C2)O1. The van der Waals surface area contributed by atoms with Gasteiger partial charge in [-0.25, -0.2) is 0 Å². The predicted octanol–water partition coefficient (Wildman–Crippen LogP) is 1.28. The lowest BCUT2D eigenvalue weighted by atomic mass is 9.76. The molecule has 0 bridgehead atoms. The van der Waals surface area contributed by atoms with Crippen LogP contribution in [0.4, 0.5) is 0 Å². The highest BCUT2D eigenvalue weighted by atomic mass is 16.7. The van der Waals surface area contributed by atoms with Crippen molar-refractivity contribution < 1.29 is 14.1 Å². The van der Waals surface area contributed by atoms with Gasteiger partial charge in [0.25, 0.3) is 0 Å². The first-order chi connectivity index (χ1) is 10.5. The summed E-state index contributed by atoms with van der Waals surface area (Å²) in [4.78, 5) is 14.2. The molecule has 1 fully saturated rings. The van der Waals surface area contributed by atoms with Gasteiger partial charge >= 0.3 is 7.12 Å². The third-order valence-electron chi connectivity index (χ3n) is 3.96. The monoisotopic (exact) mass is 303 g/mol. The zero-order chi connectivity index (χ0) is 15.6. The van der Waals surface area contributed by atoms with Crippen LogP contribution in [0.3, 0.4) is 0 Å².